The van der Waals surface area contributed by atoms with Gasteiger partial charge in [-0.3, -0.25) is 4.79 Å². The van der Waals surface area contributed by atoms with Crippen LogP contribution in [0.1, 0.15) is 0 Å². The molecule has 0 saturated carbocycles. The Morgan fingerprint density at radius 1 is 1.89 bits per heavy atom. The van der Waals surface area contributed by atoms with Gasteiger partial charge in [0.2, 0.25) is 6.41 Å². The fraction of sp³-hybridized carbons (Fsp3) is 0.167. The Morgan fingerprint density at radius 2 is 2.67 bits per heavy atom. The first-order chi connectivity index (χ1) is 4.34. The van der Waals surface area contributed by atoms with Gasteiger partial charge in [0.1, 0.15) is 6.26 Å². The van der Waals surface area contributed by atoms with Crippen LogP contribution in [-0.4, -0.2) is 13.5 Å². The number of carbonyl (C=O) groups excluding carboxylic acids is 1. The van der Waals surface area contributed by atoms with E-state index in [4.69, 9.17) is 0 Å². The van der Waals surface area contributed by atoms with Crippen molar-refractivity contribution in [2.75, 3.05) is 11.9 Å². The van der Waals surface area contributed by atoms with Crippen LogP contribution >= 0.6 is 0 Å². The molecule has 0 N–H and O–H groups in total. The minimum Gasteiger partial charge on any atom is -0.459 e. The van der Waals surface area contributed by atoms with E-state index < -0.39 is 0 Å². The number of carbonyl (C=O) groups is 1. The fourth-order valence-corrected chi connectivity index (χ4v) is 0.469. The highest BCUT2D eigenvalue weighted by molar-refractivity contribution is 5.73. The van der Waals surface area contributed by atoms with Crippen molar-refractivity contribution in [2.24, 2.45) is 0 Å². The Hall–Kier alpha value is -1.25. The SMILES string of the molecule is CN(C=O)c1c[c]oc1. The van der Waals surface area contributed by atoms with Gasteiger partial charge in [-0.15, -0.1) is 0 Å². The normalized spacial score (nSPS) is 9.00. The van der Waals surface area contributed by atoms with Gasteiger partial charge in [-0.2, -0.15) is 0 Å². The molecule has 1 amide bonds. The third-order valence-corrected chi connectivity index (χ3v) is 1.02. The second kappa shape index (κ2) is 2.35. The summed E-state index contributed by atoms with van der Waals surface area (Å²) in [6, 6.07) is 1.59. The van der Waals surface area contributed by atoms with Crippen LogP contribution in [-0.2, 0) is 4.79 Å². The number of hydrogen-bond donors (Lipinski definition) is 0. The topological polar surface area (TPSA) is 33.5 Å². The van der Waals surface area contributed by atoms with Crippen molar-refractivity contribution in [2.45, 2.75) is 0 Å². The molecule has 0 aliphatic heterocycles. The van der Waals surface area contributed by atoms with Gasteiger partial charge in [0.25, 0.3) is 0 Å². The summed E-state index contributed by atoms with van der Waals surface area (Å²) in [5, 5.41) is 0. The number of nitrogens with zero attached hydrogens (tertiary/aromatic N) is 1. The molecule has 0 saturated heterocycles. The molecule has 0 atom stereocenters. The van der Waals surface area contributed by atoms with Crippen LogP contribution in [0.15, 0.2) is 16.7 Å². The number of amides is 1. The predicted octanol–water partition coefficient (Wildman–Crippen LogP) is 0.672. The molecule has 3 heteroatoms. The van der Waals surface area contributed by atoms with Gasteiger partial charge in [0.15, 0.2) is 6.26 Å². The molecular weight excluding hydrogens is 118 g/mol. The van der Waals surface area contributed by atoms with Gasteiger partial charge in [0, 0.05) is 13.1 Å². The molecule has 3 nitrogen and oxygen atoms in total. The van der Waals surface area contributed by atoms with Gasteiger partial charge in [-0.05, 0) is 0 Å². The lowest BCUT2D eigenvalue weighted by atomic mass is 10.5. The van der Waals surface area contributed by atoms with Crippen LogP contribution in [0.2, 0.25) is 0 Å². The molecule has 0 spiro atoms. The molecule has 0 fully saturated rings. The third kappa shape index (κ3) is 1.10. The molecule has 1 aromatic rings. The van der Waals surface area contributed by atoms with E-state index in [0.29, 0.717) is 12.1 Å². The van der Waals surface area contributed by atoms with Gasteiger partial charge < -0.3 is 9.32 Å². The standard InChI is InChI=1S/C6H6NO2/c1-7(5-8)6-2-3-9-4-6/h2,4-5H,1H3. The quantitative estimate of drug-likeness (QED) is 0.543. The highest BCUT2D eigenvalue weighted by atomic mass is 16.3. The van der Waals surface area contributed by atoms with Crippen molar-refractivity contribution in [1.82, 2.24) is 0 Å². The van der Waals surface area contributed by atoms with E-state index in [1.165, 1.54) is 11.2 Å². The lowest BCUT2D eigenvalue weighted by Gasteiger charge is -2.03. The Morgan fingerprint density at radius 3 is 3.11 bits per heavy atom. The smallest absolute Gasteiger partial charge is 0.213 e. The predicted molar refractivity (Wildman–Crippen MR) is 32.0 cm³/mol. The molecule has 1 radical (unpaired) electrons. The van der Waals surface area contributed by atoms with Crippen molar-refractivity contribution >= 4 is 12.1 Å². The minimum absolute atomic E-state index is 0.707. The van der Waals surface area contributed by atoms with E-state index in [-0.39, 0.29) is 0 Å². The van der Waals surface area contributed by atoms with Crippen molar-refractivity contribution in [3.8, 4) is 0 Å². The summed E-state index contributed by atoms with van der Waals surface area (Å²) in [5.41, 5.74) is 0.713. The lowest BCUT2D eigenvalue weighted by Crippen LogP contribution is -2.12. The van der Waals surface area contributed by atoms with E-state index in [1.807, 2.05) is 0 Å². The molecule has 0 aliphatic rings. The molecule has 1 rings (SSSR count). The third-order valence-electron chi connectivity index (χ3n) is 1.02. The average molecular weight is 124 g/mol. The van der Waals surface area contributed by atoms with Crippen molar-refractivity contribution < 1.29 is 9.21 Å². The van der Waals surface area contributed by atoms with Crippen LogP contribution in [0.3, 0.4) is 0 Å². The second-order valence-electron chi connectivity index (χ2n) is 1.64. The van der Waals surface area contributed by atoms with E-state index in [1.54, 1.807) is 13.1 Å². The maximum absolute atomic E-state index is 10.1. The van der Waals surface area contributed by atoms with Gasteiger partial charge >= 0.3 is 0 Å². The summed E-state index contributed by atoms with van der Waals surface area (Å²) in [6.45, 7) is 0. The number of anilines is 1. The highest BCUT2D eigenvalue weighted by Gasteiger charge is 1.97. The zero-order valence-corrected chi connectivity index (χ0v) is 5.00. The largest absolute Gasteiger partial charge is 0.459 e. The Balaban J connectivity index is 2.76. The van der Waals surface area contributed by atoms with Crippen LogP contribution in [0, 0.1) is 6.26 Å². The summed E-state index contributed by atoms with van der Waals surface area (Å²) in [5.74, 6) is 0. The molecule has 0 bridgehead atoms. The average Bonchev–Trinajstić information content (AvgIpc) is 2.37. The van der Waals surface area contributed by atoms with Crippen LogP contribution < -0.4 is 4.90 Å². The maximum Gasteiger partial charge on any atom is 0.213 e. The number of furan rings is 1. The first kappa shape index (κ1) is 5.88. The summed E-state index contributed by atoms with van der Waals surface area (Å²) >= 11 is 0. The van der Waals surface area contributed by atoms with Gasteiger partial charge in [0.05, 0.1) is 5.69 Å². The van der Waals surface area contributed by atoms with Crippen molar-refractivity contribution in [3.05, 3.63) is 18.6 Å². The summed E-state index contributed by atoms with van der Waals surface area (Å²) in [4.78, 5) is 11.5. The van der Waals surface area contributed by atoms with Crippen LogP contribution in [0.25, 0.3) is 0 Å². The van der Waals surface area contributed by atoms with Gasteiger partial charge in [-0.1, -0.05) is 0 Å². The van der Waals surface area contributed by atoms with Gasteiger partial charge in [-0.25, -0.2) is 0 Å². The molecule has 1 aromatic heterocycles. The summed E-state index contributed by atoms with van der Waals surface area (Å²) < 4.78 is 4.61. The molecular formula is C6H6NO2. The zero-order chi connectivity index (χ0) is 6.69. The second-order valence-corrected chi connectivity index (χ2v) is 1.64. The number of hydrogen-bond acceptors (Lipinski definition) is 2. The number of rotatable bonds is 2. The maximum atomic E-state index is 10.1. The minimum atomic E-state index is 0.707. The van der Waals surface area contributed by atoms with Crippen LogP contribution in [0.5, 0.6) is 0 Å². The first-order valence-corrected chi connectivity index (χ1v) is 2.47. The van der Waals surface area contributed by atoms with E-state index in [0.717, 1.165) is 0 Å². The monoisotopic (exact) mass is 124 g/mol. The van der Waals surface area contributed by atoms with E-state index >= 15 is 0 Å². The molecule has 0 unspecified atom stereocenters. The fourth-order valence-electron chi connectivity index (χ4n) is 0.469. The first-order valence-electron chi connectivity index (χ1n) is 2.47. The van der Waals surface area contributed by atoms with Crippen molar-refractivity contribution in [3.63, 3.8) is 0 Å². The Labute approximate surface area is 52.9 Å². The molecule has 9 heavy (non-hydrogen) atoms. The molecule has 0 aliphatic carbocycles. The molecule has 0 aromatic carbocycles. The van der Waals surface area contributed by atoms with E-state index in [9.17, 15) is 4.79 Å². The highest BCUT2D eigenvalue weighted by Crippen LogP contribution is 2.08. The van der Waals surface area contributed by atoms with Crippen LogP contribution in [0.4, 0.5) is 5.69 Å². The lowest BCUT2D eigenvalue weighted by molar-refractivity contribution is -0.107. The Kier molecular flexibility index (Phi) is 1.53. The zero-order valence-electron chi connectivity index (χ0n) is 5.00. The summed E-state index contributed by atoms with van der Waals surface area (Å²) in [6.07, 6.45) is 4.63. The molecule has 47 valence electrons. The Bertz CT molecular complexity index is 181. The van der Waals surface area contributed by atoms with Crippen molar-refractivity contribution in [1.29, 1.82) is 0 Å². The molecule has 1 heterocycles. The summed E-state index contributed by atoms with van der Waals surface area (Å²) in [7, 11) is 1.64. The van der Waals surface area contributed by atoms with E-state index in [2.05, 4.69) is 10.7 Å².